The predicted octanol–water partition coefficient (Wildman–Crippen LogP) is 4.52. The lowest BCUT2D eigenvalue weighted by molar-refractivity contribution is 0.151. The van der Waals surface area contributed by atoms with Crippen molar-refractivity contribution in [3.8, 4) is 0 Å². The van der Waals surface area contributed by atoms with E-state index in [1.165, 1.54) is 6.07 Å². The van der Waals surface area contributed by atoms with Crippen LogP contribution in [0.5, 0.6) is 0 Å². The Bertz CT molecular complexity index is 615. The lowest BCUT2D eigenvalue weighted by Crippen LogP contribution is -2.15. The van der Waals surface area contributed by atoms with Gasteiger partial charge in [-0.05, 0) is 34.8 Å². The van der Waals surface area contributed by atoms with Crippen molar-refractivity contribution < 1.29 is 9.13 Å². The van der Waals surface area contributed by atoms with Crippen molar-refractivity contribution in [3.05, 3.63) is 28.2 Å². The minimum atomic E-state index is -0.319. The van der Waals surface area contributed by atoms with Crippen LogP contribution in [0, 0.1) is 11.7 Å². The normalized spacial score (nSPS) is 14.7. The Morgan fingerprint density at radius 1 is 1.45 bits per heavy atom. The summed E-state index contributed by atoms with van der Waals surface area (Å²) in [5.74, 6) is 0.749. The van der Waals surface area contributed by atoms with Gasteiger partial charge in [-0.25, -0.2) is 9.37 Å². The highest BCUT2D eigenvalue weighted by Gasteiger charge is 2.18. The highest BCUT2D eigenvalue weighted by Crippen LogP contribution is 2.29. The Morgan fingerprint density at radius 2 is 2.15 bits per heavy atom. The maximum Gasteiger partial charge on any atom is 0.139 e. The number of nitrogens with zero attached hydrogens (tertiary/aromatic N) is 2. The minimum Gasteiger partial charge on any atom is -0.384 e. The third kappa shape index (κ3) is 3.15. The van der Waals surface area contributed by atoms with E-state index in [-0.39, 0.29) is 11.2 Å². The summed E-state index contributed by atoms with van der Waals surface area (Å²) >= 11 is 9.42. The predicted molar refractivity (Wildman–Crippen MR) is 82.7 cm³/mol. The van der Waals surface area contributed by atoms with E-state index in [1.807, 2.05) is 11.5 Å². The summed E-state index contributed by atoms with van der Waals surface area (Å²) in [6.45, 7) is 5.34. The van der Waals surface area contributed by atoms with Gasteiger partial charge < -0.3 is 9.30 Å². The Kier molecular flexibility index (Phi) is 5.04. The summed E-state index contributed by atoms with van der Waals surface area (Å²) in [7, 11) is 1.68. The van der Waals surface area contributed by atoms with Crippen LogP contribution < -0.4 is 0 Å². The van der Waals surface area contributed by atoms with Gasteiger partial charge in [-0.2, -0.15) is 0 Å². The molecule has 0 aliphatic heterocycles. The van der Waals surface area contributed by atoms with E-state index in [0.29, 0.717) is 22.5 Å². The number of rotatable bonds is 5. The maximum absolute atomic E-state index is 13.6. The monoisotopic (exact) mass is 362 g/mol. The van der Waals surface area contributed by atoms with Crippen LogP contribution in [0.3, 0.4) is 0 Å². The fourth-order valence-electron chi connectivity index (χ4n) is 2.28. The number of hydrogen-bond donors (Lipinski definition) is 0. The standard InChI is InChI=1S/C14H17BrClFN2O/c1-8(7-20-3)6-19-13-4-10(15)11(17)5-12(13)18-14(19)9(2)16/h4-5,8-9H,6-7H2,1-3H3. The van der Waals surface area contributed by atoms with Crippen LogP contribution in [0.15, 0.2) is 16.6 Å². The lowest BCUT2D eigenvalue weighted by atomic mass is 10.2. The molecule has 0 fully saturated rings. The zero-order valence-electron chi connectivity index (χ0n) is 11.7. The maximum atomic E-state index is 13.6. The second-order valence-corrected chi connectivity index (χ2v) is 6.52. The van der Waals surface area contributed by atoms with E-state index in [0.717, 1.165) is 17.9 Å². The van der Waals surface area contributed by atoms with E-state index in [1.54, 1.807) is 13.2 Å². The first-order valence-electron chi connectivity index (χ1n) is 6.42. The van der Waals surface area contributed by atoms with Crippen LogP contribution in [-0.4, -0.2) is 23.3 Å². The zero-order valence-corrected chi connectivity index (χ0v) is 14.0. The SMILES string of the molecule is COCC(C)Cn1c(C(C)Cl)nc2cc(F)c(Br)cc21. The molecule has 0 N–H and O–H groups in total. The summed E-state index contributed by atoms with van der Waals surface area (Å²) in [5.41, 5.74) is 1.50. The average molecular weight is 364 g/mol. The molecule has 6 heteroatoms. The van der Waals surface area contributed by atoms with Gasteiger partial charge in [0.15, 0.2) is 0 Å². The van der Waals surface area contributed by atoms with Crippen molar-refractivity contribution >= 4 is 38.6 Å². The molecule has 2 aromatic rings. The second kappa shape index (κ2) is 6.41. The van der Waals surface area contributed by atoms with Gasteiger partial charge in [0.25, 0.3) is 0 Å². The number of hydrogen-bond acceptors (Lipinski definition) is 2. The molecule has 0 saturated heterocycles. The summed E-state index contributed by atoms with van der Waals surface area (Å²) in [6, 6.07) is 3.18. The Hall–Kier alpha value is -0.650. The molecule has 2 rings (SSSR count). The Labute approximate surface area is 131 Å². The van der Waals surface area contributed by atoms with Gasteiger partial charge >= 0.3 is 0 Å². The van der Waals surface area contributed by atoms with Gasteiger partial charge in [0.2, 0.25) is 0 Å². The number of imidazole rings is 1. The number of fused-ring (bicyclic) bond motifs is 1. The molecule has 0 bridgehead atoms. The van der Waals surface area contributed by atoms with Crippen molar-refractivity contribution in [2.45, 2.75) is 25.8 Å². The summed E-state index contributed by atoms with van der Waals surface area (Å²) < 4.78 is 21.3. The third-order valence-electron chi connectivity index (χ3n) is 3.12. The topological polar surface area (TPSA) is 27.1 Å². The van der Waals surface area contributed by atoms with Crippen LogP contribution in [0.4, 0.5) is 4.39 Å². The number of aromatic nitrogens is 2. The van der Waals surface area contributed by atoms with E-state index >= 15 is 0 Å². The van der Waals surface area contributed by atoms with Crippen LogP contribution >= 0.6 is 27.5 Å². The van der Waals surface area contributed by atoms with Crippen molar-refractivity contribution in [1.29, 1.82) is 0 Å². The van der Waals surface area contributed by atoms with Crippen LogP contribution in [0.25, 0.3) is 11.0 Å². The molecule has 2 atom stereocenters. The average Bonchev–Trinajstić information content (AvgIpc) is 2.69. The van der Waals surface area contributed by atoms with Crippen LogP contribution in [0.1, 0.15) is 25.0 Å². The number of alkyl halides is 1. The van der Waals surface area contributed by atoms with Gasteiger partial charge in [0, 0.05) is 19.7 Å². The summed E-state index contributed by atoms with van der Waals surface area (Å²) in [4.78, 5) is 4.46. The molecule has 20 heavy (non-hydrogen) atoms. The molecule has 0 radical (unpaired) electrons. The Balaban J connectivity index is 2.53. The molecule has 3 nitrogen and oxygen atoms in total. The molecule has 2 unspecified atom stereocenters. The molecule has 0 aliphatic carbocycles. The first-order valence-corrected chi connectivity index (χ1v) is 7.65. The third-order valence-corrected chi connectivity index (χ3v) is 3.92. The van der Waals surface area contributed by atoms with Crippen molar-refractivity contribution in [3.63, 3.8) is 0 Å². The van der Waals surface area contributed by atoms with Gasteiger partial charge in [-0.3, -0.25) is 0 Å². The molecule has 1 aromatic carbocycles. The fourth-order valence-corrected chi connectivity index (χ4v) is 2.78. The molecule has 110 valence electrons. The van der Waals surface area contributed by atoms with Gasteiger partial charge in [-0.1, -0.05) is 6.92 Å². The van der Waals surface area contributed by atoms with Crippen LogP contribution in [-0.2, 0) is 11.3 Å². The van der Waals surface area contributed by atoms with Crippen molar-refractivity contribution in [2.75, 3.05) is 13.7 Å². The smallest absolute Gasteiger partial charge is 0.139 e. The van der Waals surface area contributed by atoms with E-state index < -0.39 is 0 Å². The lowest BCUT2D eigenvalue weighted by Gasteiger charge is -2.15. The number of methoxy groups -OCH3 is 1. The molecule has 0 spiro atoms. The van der Waals surface area contributed by atoms with E-state index in [4.69, 9.17) is 16.3 Å². The summed E-state index contributed by atoms with van der Waals surface area (Å²) in [6.07, 6.45) is 0. The Morgan fingerprint density at radius 3 is 2.75 bits per heavy atom. The van der Waals surface area contributed by atoms with E-state index in [9.17, 15) is 4.39 Å². The quantitative estimate of drug-likeness (QED) is 0.730. The molecule has 1 heterocycles. The highest BCUT2D eigenvalue weighted by molar-refractivity contribution is 9.10. The molecule has 1 aromatic heterocycles. The summed E-state index contributed by atoms with van der Waals surface area (Å²) in [5, 5.41) is -0.237. The first-order chi connectivity index (χ1) is 9.43. The molecule has 0 saturated carbocycles. The molecule has 0 aliphatic rings. The minimum absolute atomic E-state index is 0.237. The number of halogens is 3. The highest BCUT2D eigenvalue weighted by atomic mass is 79.9. The molecular formula is C14H17BrClFN2O. The first kappa shape index (κ1) is 15.7. The fraction of sp³-hybridized carbons (Fsp3) is 0.500. The van der Waals surface area contributed by atoms with Gasteiger partial charge in [0.1, 0.15) is 11.6 Å². The molecule has 0 amide bonds. The largest absolute Gasteiger partial charge is 0.384 e. The number of ether oxygens (including phenoxy) is 1. The zero-order chi connectivity index (χ0) is 14.9. The van der Waals surface area contributed by atoms with Gasteiger partial charge in [0.05, 0.1) is 27.5 Å². The van der Waals surface area contributed by atoms with Gasteiger partial charge in [-0.15, -0.1) is 11.6 Å². The van der Waals surface area contributed by atoms with Crippen molar-refractivity contribution in [1.82, 2.24) is 9.55 Å². The molecular weight excluding hydrogens is 347 g/mol. The van der Waals surface area contributed by atoms with Crippen molar-refractivity contribution in [2.24, 2.45) is 5.92 Å². The number of benzene rings is 1. The van der Waals surface area contributed by atoms with Crippen LogP contribution in [0.2, 0.25) is 0 Å². The van der Waals surface area contributed by atoms with E-state index in [2.05, 4.69) is 27.8 Å². The second-order valence-electron chi connectivity index (χ2n) is 5.01.